The zero-order valence-electron chi connectivity index (χ0n) is 9.82. The quantitative estimate of drug-likeness (QED) is 0.579. The third kappa shape index (κ3) is 2.54. The van der Waals surface area contributed by atoms with Gasteiger partial charge in [0, 0.05) is 0 Å². The van der Waals surface area contributed by atoms with E-state index in [0.29, 0.717) is 5.16 Å². The Balaban J connectivity index is 1.98. The van der Waals surface area contributed by atoms with Crippen LogP contribution in [0.5, 0.6) is 0 Å². The second-order valence-electron chi connectivity index (χ2n) is 3.96. The lowest BCUT2D eigenvalue weighted by Crippen LogP contribution is -1.90. The van der Waals surface area contributed by atoms with E-state index in [2.05, 4.69) is 19.9 Å². The Hall–Kier alpha value is -1.66. The first-order chi connectivity index (χ1) is 9.11. The molecule has 96 valence electrons. The summed E-state index contributed by atoms with van der Waals surface area (Å²) in [6, 6.07) is 5.87. The summed E-state index contributed by atoms with van der Waals surface area (Å²) in [5.41, 5.74) is 2.86. The fraction of sp³-hybridized carbons (Fsp3) is 0.0833. The summed E-state index contributed by atoms with van der Waals surface area (Å²) >= 11 is 6.73. The standard InChI is InChI=1S/C12H8ClFN4S/c1-6-2-3-8-9(4-6)17-12(16-8)19-10-7(14)5-15-11(13)18-10/h2-5H,1H3,(H,16,17). The predicted molar refractivity (Wildman–Crippen MR) is 72.0 cm³/mol. The van der Waals surface area contributed by atoms with E-state index in [9.17, 15) is 4.39 Å². The van der Waals surface area contributed by atoms with E-state index in [4.69, 9.17) is 11.6 Å². The van der Waals surface area contributed by atoms with Crippen molar-refractivity contribution in [1.82, 2.24) is 19.9 Å². The van der Waals surface area contributed by atoms with Crippen molar-refractivity contribution in [1.29, 1.82) is 0 Å². The first-order valence-corrected chi connectivity index (χ1v) is 6.63. The smallest absolute Gasteiger partial charge is 0.223 e. The molecule has 0 spiro atoms. The van der Waals surface area contributed by atoms with Crippen LogP contribution in [0.1, 0.15) is 5.56 Å². The average molecular weight is 295 g/mol. The van der Waals surface area contributed by atoms with Crippen LogP contribution in [-0.4, -0.2) is 19.9 Å². The number of aromatic amines is 1. The van der Waals surface area contributed by atoms with Crippen LogP contribution in [-0.2, 0) is 0 Å². The van der Waals surface area contributed by atoms with Crippen LogP contribution in [0.2, 0.25) is 5.28 Å². The number of imidazole rings is 1. The molecule has 0 aliphatic carbocycles. The molecule has 7 heteroatoms. The molecular weight excluding hydrogens is 287 g/mol. The number of aromatic nitrogens is 4. The molecule has 4 nitrogen and oxygen atoms in total. The summed E-state index contributed by atoms with van der Waals surface area (Å²) < 4.78 is 13.5. The molecule has 0 saturated heterocycles. The number of hydrogen-bond acceptors (Lipinski definition) is 4. The lowest BCUT2D eigenvalue weighted by molar-refractivity contribution is 0.578. The van der Waals surface area contributed by atoms with Gasteiger partial charge in [-0.2, -0.15) is 0 Å². The predicted octanol–water partition coefficient (Wildman–Crippen LogP) is 3.61. The van der Waals surface area contributed by atoms with Crippen LogP contribution in [0.25, 0.3) is 11.0 Å². The van der Waals surface area contributed by atoms with E-state index in [-0.39, 0.29) is 10.3 Å². The number of hydrogen-bond donors (Lipinski definition) is 1. The van der Waals surface area contributed by atoms with Gasteiger partial charge in [-0.25, -0.2) is 19.3 Å². The van der Waals surface area contributed by atoms with Gasteiger partial charge < -0.3 is 4.98 Å². The Bertz CT molecular complexity index is 759. The number of nitrogens with one attached hydrogen (secondary N) is 1. The van der Waals surface area contributed by atoms with Crippen LogP contribution >= 0.6 is 23.4 Å². The third-order valence-electron chi connectivity index (χ3n) is 2.49. The maximum Gasteiger partial charge on any atom is 0.223 e. The Labute approximate surface area is 117 Å². The van der Waals surface area contributed by atoms with Crippen LogP contribution in [0.4, 0.5) is 4.39 Å². The molecule has 3 rings (SSSR count). The molecule has 0 saturated carbocycles. The minimum Gasteiger partial charge on any atom is -0.333 e. The van der Waals surface area contributed by atoms with Crippen molar-refractivity contribution in [2.45, 2.75) is 17.1 Å². The molecule has 0 unspecified atom stereocenters. The van der Waals surface area contributed by atoms with Gasteiger partial charge in [0.2, 0.25) is 5.28 Å². The molecule has 1 N–H and O–H groups in total. The largest absolute Gasteiger partial charge is 0.333 e. The lowest BCUT2D eigenvalue weighted by atomic mass is 10.2. The molecule has 0 aliphatic rings. The zero-order valence-corrected chi connectivity index (χ0v) is 11.4. The molecule has 2 heterocycles. The van der Waals surface area contributed by atoms with Gasteiger partial charge in [0.05, 0.1) is 17.2 Å². The van der Waals surface area contributed by atoms with Crippen LogP contribution in [0.3, 0.4) is 0 Å². The summed E-state index contributed by atoms with van der Waals surface area (Å²) in [7, 11) is 0. The van der Waals surface area contributed by atoms with Gasteiger partial charge in [-0.15, -0.1) is 0 Å². The SMILES string of the molecule is Cc1ccc2nc(Sc3nc(Cl)ncc3F)[nH]c2c1. The molecule has 0 bridgehead atoms. The van der Waals surface area contributed by atoms with E-state index in [1.165, 1.54) is 0 Å². The maximum absolute atomic E-state index is 13.5. The van der Waals surface area contributed by atoms with Crippen LogP contribution in [0, 0.1) is 12.7 Å². The topological polar surface area (TPSA) is 54.5 Å². The first kappa shape index (κ1) is 12.4. The Morgan fingerprint density at radius 3 is 3.00 bits per heavy atom. The average Bonchev–Trinajstić information content (AvgIpc) is 2.75. The Morgan fingerprint density at radius 2 is 2.16 bits per heavy atom. The fourth-order valence-electron chi connectivity index (χ4n) is 1.64. The second kappa shape index (κ2) is 4.79. The zero-order chi connectivity index (χ0) is 13.4. The van der Waals surface area contributed by atoms with Gasteiger partial charge in [0.15, 0.2) is 11.0 Å². The number of aryl methyl sites for hydroxylation is 1. The van der Waals surface area contributed by atoms with Gasteiger partial charge >= 0.3 is 0 Å². The molecule has 1 aromatic carbocycles. The number of benzene rings is 1. The van der Waals surface area contributed by atoms with Crippen molar-refractivity contribution in [2.75, 3.05) is 0 Å². The summed E-state index contributed by atoms with van der Waals surface area (Å²) in [6.07, 6.45) is 1.05. The van der Waals surface area contributed by atoms with Crippen LogP contribution < -0.4 is 0 Å². The minimum atomic E-state index is -0.522. The number of rotatable bonds is 2. The molecular formula is C12H8ClFN4S. The van der Waals surface area contributed by atoms with Crippen molar-refractivity contribution in [3.63, 3.8) is 0 Å². The molecule has 0 radical (unpaired) electrons. The summed E-state index contributed by atoms with van der Waals surface area (Å²) in [5.74, 6) is -0.522. The summed E-state index contributed by atoms with van der Waals surface area (Å²) in [5, 5.41) is 0.723. The molecule has 3 aromatic rings. The molecule has 19 heavy (non-hydrogen) atoms. The van der Waals surface area contributed by atoms with Gasteiger partial charge in [0.1, 0.15) is 5.03 Å². The van der Waals surface area contributed by atoms with Crippen molar-refractivity contribution in [3.8, 4) is 0 Å². The number of nitrogens with zero attached hydrogens (tertiary/aromatic N) is 3. The highest BCUT2D eigenvalue weighted by molar-refractivity contribution is 7.99. The van der Waals surface area contributed by atoms with Crippen molar-refractivity contribution in [2.24, 2.45) is 0 Å². The summed E-state index contributed by atoms with van der Waals surface area (Å²) in [6.45, 7) is 2.00. The Morgan fingerprint density at radius 1 is 1.32 bits per heavy atom. The van der Waals surface area contributed by atoms with Crippen molar-refractivity contribution in [3.05, 3.63) is 41.1 Å². The number of halogens is 2. The minimum absolute atomic E-state index is 0.0101. The monoisotopic (exact) mass is 294 g/mol. The number of H-pyrrole nitrogens is 1. The van der Waals surface area contributed by atoms with Gasteiger partial charge in [-0.3, -0.25) is 0 Å². The highest BCUT2D eigenvalue weighted by atomic mass is 35.5. The van der Waals surface area contributed by atoms with Crippen LogP contribution in [0.15, 0.2) is 34.6 Å². The highest BCUT2D eigenvalue weighted by Crippen LogP contribution is 2.28. The first-order valence-electron chi connectivity index (χ1n) is 5.44. The van der Waals surface area contributed by atoms with Crippen molar-refractivity contribution < 1.29 is 4.39 Å². The molecule has 0 fully saturated rings. The molecule has 0 aliphatic heterocycles. The molecule has 2 aromatic heterocycles. The van der Waals surface area contributed by atoms with Gasteiger partial charge in [-0.1, -0.05) is 6.07 Å². The van der Waals surface area contributed by atoms with E-state index in [1.54, 1.807) is 0 Å². The van der Waals surface area contributed by atoms with E-state index in [1.807, 2.05) is 25.1 Å². The molecule has 0 atom stereocenters. The van der Waals surface area contributed by atoms with E-state index >= 15 is 0 Å². The molecule has 0 amide bonds. The maximum atomic E-state index is 13.5. The highest BCUT2D eigenvalue weighted by Gasteiger charge is 2.11. The number of fused-ring (bicyclic) bond motifs is 1. The normalized spacial score (nSPS) is 11.1. The van der Waals surface area contributed by atoms with Gasteiger partial charge in [0.25, 0.3) is 0 Å². The third-order valence-corrected chi connectivity index (χ3v) is 3.54. The van der Waals surface area contributed by atoms with Gasteiger partial charge in [-0.05, 0) is 48.0 Å². The van der Waals surface area contributed by atoms with Crippen molar-refractivity contribution >= 4 is 34.4 Å². The Kier molecular flexibility index (Phi) is 3.12. The van der Waals surface area contributed by atoms with E-state index in [0.717, 1.165) is 34.6 Å². The van der Waals surface area contributed by atoms with E-state index < -0.39 is 5.82 Å². The fourth-order valence-corrected chi connectivity index (χ4v) is 2.60. The summed E-state index contributed by atoms with van der Waals surface area (Å²) in [4.78, 5) is 14.9. The second-order valence-corrected chi connectivity index (χ2v) is 5.27. The lowest BCUT2D eigenvalue weighted by Gasteiger charge is -1.98.